The van der Waals surface area contributed by atoms with Gasteiger partial charge < -0.3 is 9.88 Å². The molecule has 1 aliphatic rings. The van der Waals surface area contributed by atoms with Crippen LogP contribution >= 0.6 is 0 Å². The summed E-state index contributed by atoms with van der Waals surface area (Å²) in [6, 6.07) is 10.3. The monoisotopic (exact) mass is 397 g/mol. The summed E-state index contributed by atoms with van der Waals surface area (Å²) in [7, 11) is 0. The van der Waals surface area contributed by atoms with Gasteiger partial charge in [0.2, 0.25) is 6.43 Å². The Bertz CT molecular complexity index is 981. The van der Waals surface area contributed by atoms with Crippen LogP contribution in [0.25, 0.3) is 22.2 Å². The third kappa shape index (κ3) is 4.20. The lowest BCUT2D eigenvalue weighted by atomic mass is 9.88. The molecule has 2 aromatic heterocycles. The predicted octanol–water partition coefficient (Wildman–Crippen LogP) is 5.85. The van der Waals surface area contributed by atoms with Gasteiger partial charge in [0.05, 0.1) is 5.69 Å². The van der Waals surface area contributed by atoms with E-state index in [1.165, 1.54) is 5.56 Å². The van der Waals surface area contributed by atoms with Crippen LogP contribution in [0.5, 0.6) is 0 Å². The Kier molecular flexibility index (Phi) is 5.68. The summed E-state index contributed by atoms with van der Waals surface area (Å²) in [6.07, 6.45) is -0.367. The van der Waals surface area contributed by atoms with E-state index in [1.807, 2.05) is 26.0 Å². The Hall–Kier alpha value is -2.27. The Morgan fingerprint density at radius 2 is 1.79 bits per heavy atom. The summed E-state index contributed by atoms with van der Waals surface area (Å²) < 4.78 is 27.0. The van der Waals surface area contributed by atoms with Crippen LogP contribution in [0, 0.1) is 13.8 Å². The number of pyridine rings is 1. The van der Waals surface area contributed by atoms with Crippen molar-refractivity contribution >= 4 is 10.9 Å². The smallest absolute Gasteiger partial charge is 0.242 e. The molecule has 29 heavy (non-hydrogen) atoms. The molecule has 4 rings (SSSR count). The molecule has 0 atom stereocenters. The molecule has 0 bridgehead atoms. The van der Waals surface area contributed by atoms with E-state index >= 15 is 0 Å². The number of fused-ring (bicyclic) bond motifs is 1. The van der Waals surface area contributed by atoms with Crippen LogP contribution in [0.3, 0.4) is 0 Å². The van der Waals surface area contributed by atoms with Gasteiger partial charge in [-0.25, -0.2) is 8.78 Å². The summed E-state index contributed by atoms with van der Waals surface area (Å²) >= 11 is 0. The average Bonchev–Trinajstić information content (AvgIpc) is 3.04. The van der Waals surface area contributed by atoms with Crippen molar-refractivity contribution in [2.45, 2.75) is 52.4 Å². The van der Waals surface area contributed by atoms with Gasteiger partial charge in [0.1, 0.15) is 0 Å². The minimum absolute atomic E-state index is 0.243. The lowest BCUT2D eigenvalue weighted by Crippen LogP contribution is -2.32. The van der Waals surface area contributed by atoms with E-state index in [0.29, 0.717) is 11.5 Å². The van der Waals surface area contributed by atoms with E-state index < -0.39 is 6.43 Å². The summed E-state index contributed by atoms with van der Waals surface area (Å²) in [5.74, 6) is 0.505. The first-order chi connectivity index (χ1) is 13.9. The quantitative estimate of drug-likeness (QED) is 0.585. The number of benzene rings is 1. The first-order valence-electron chi connectivity index (χ1n) is 10.5. The maximum Gasteiger partial charge on any atom is 0.242 e. The maximum absolute atomic E-state index is 13.5. The molecule has 1 aliphatic heterocycles. The third-order valence-corrected chi connectivity index (χ3v) is 6.16. The summed E-state index contributed by atoms with van der Waals surface area (Å²) in [5.41, 5.74) is 6.43. The lowest BCUT2D eigenvalue weighted by Gasteiger charge is -2.31. The second-order valence-electron chi connectivity index (χ2n) is 8.23. The van der Waals surface area contributed by atoms with E-state index in [2.05, 4.69) is 40.0 Å². The number of halogens is 2. The predicted molar refractivity (Wildman–Crippen MR) is 115 cm³/mol. The van der Waals surface area contributed by atoms with Gasteiger partial charge in [-0.3, -0.25) is 4.98 Å². The minimum Gasteiger partial charge on any atom is -0.354 e. The lowest BCUT2D eigenvalue weighted by molar-refractivity contribution is 0.149. The van der Waals surface area contributed by atoms with Gasteiger partial charge in [0.25, 0.3) is 0 Å². The Labute approximate surface area is 171 Å². The SMILES string of the molecule is CCN1CCC(c2ccc3[nH]c(-c4cc(C)nc(C)c4)c(CC(F)F)c3c2)CC1. The van der Waals surface area contributed by atoms with Crippen LogP contribution in [0.15, 0.2) is 30.3 Å². The fourth-order valence-corrected chi connectivity index (χ4v) is 4.69. The summed E-state index contributed by atoms with van der Waals surface area (Å²) in [5, 5.41) is 0.933. The normalized spacial score (nSPS) is 16.2. The standard InChI is InChI=1S/C24H29F2N3/c1-4-29-9-7-17(8-10-29)18-5-6-22-20(13-18)21(14-23(25)26)24(28-22)19-11-15(2)27-16(3)12-19/h5-6,11-13,17,23,28H,4,7-10,14H2,1-3H3. The van der Waals surface area contributed by atoms with Gasteiger partial charge >= 0.3 is 0 Å². The molecule has 1 aromatic carbocycles. The van der Waals surface area contributed by atoms with Gasteiger partial charge in [-0.2, -0.15) is 0 Å². The molecule has 3 heterocycles. The van der Waals surface area contributed by atoms with Gasteiger partial charge in [-0.1, -0.05) is 13.0 Å². The van der Waals surface area contributed by atoms with Gasteiger partial charge in [0, 0.05) is 34.3 Å². The number of likely N-dealkylation sites (tertiary alicyclic amines) is 1. The van der Waals surface area contributed by atoms with Crippen LogP contribution in [-0.4, -0.2) is 40.9 Å². The van der Waals surface area contributed by atoms with Crippen LogP contribution in [0.2, 0.25) is 0 Å². The largest absolute Gasteiger partial charge is 0.354 e. The number of aryl methyl sites for hydroxylation is 2. The zero-order chi connectivity index (χ0) is 20.5. The van der Waals surface area contributed by atoms with Crippen LogP contribution in [0.4, 0.5) is 8.78 Å². The highest BCUT2D eigenvalue weighted by molar-refractivity contribution is 5.91. The first kappa shape index (κ1) is 20.0. The van der Waals surface area contributed by atoms with Crippen molar-refractivity contribution in [2.75, 3.05) is 19.6 Å². The van der Waals surface area contributed by atoms with Gasteiger partial charge in [-0.15, -0.1) is 0 Å². The zero-order valence-electron chi connectivity index (χ0n) is 17.4. The number of hydrogen-bond donors (Lipinski definition) is 1. The van der Waals surface area contributed by atoms with Crippen molar-refractivity contribution in [3.63, 3.8) is 0 Å². The Morgan fingerprint density at radius 1 is 1.10 bits per heavy atom. The molecule has 1 saturated heterocycles. The molecule has 3 aromatic rings. The van der Waals surface area contributed by atoms with Crippen LogP contribution in [-0.2, 0) is 6.42 Å². The number of hydrogen-bond acceptors (Lipinski definition) is 2. The van der Waals surface area contributed by atoms with Crippen LogP contribution in [0.1, 0.15) is 48.2 Å². The van der Waals surface area contributed by atoms with Gasteiger partial charge in [-0.05, 0) is 87.6 Å². The first-order valence-corrected chi connectivity index (χ1v) is 10.5. The van der Waals surface area contributed by atoms with E-state index in [4.69, 9.17) is 0 Å². The van der Waals surface area contributed by atoms with Crippen molar-refractivity contribution in [2.24, 2.45) is 0 Å². The molecule has 5 heteroatoms. The molecule has 0 aliphatic carbocycles. The van der Waals surface area contributed by atoms with Crippen LogP contribution < -0.4 is 0 Å². The molecular weight excluding hydrogens is 368 g/mol. The molecule has 0 radical (unpaired) electrons. The molecule has 1 fully saturated rings. The summed E-state index contributed by atoms with van der Waals surface area (Å²) in [4.78, 5) is 10.3. The second-order valence-corrected chi connectivity index (χ2v) is 8.23. The molecule has 3 nitrogen and oxygen atoms in total. The van der Waals surface area contributed by atoms with Crippen molar-refractivity contribution in [3.8, 4) is 11.3 Å². The number of rotatable bonds is 5. The van der Waals surface area contributed by atoms with E-state index in [-0.39, 0.29) is 6.42 Å². The highest BCUT2D eigenvalue weighted by Gasteiger charge is 2.22. The zero-order valence-corrected chi connectivity index (χ0v) is 17.4. The molecule has 0 amide bonds. The highest BCUT2D eigenvalue weighted by Crippen LogP contribution is 2.36. The molecule has 0 spiro atoms. The Balaban J connectivity index is 1.77. The molecule has 0 saturated carbocycles. The topological polar surface area (TPSA) is 31.9 Å². The number of nitrogens with one attached hydrogen (secondary N) is 1. The van der Waals surface area contributed by atoms with Crippen molar-refractivity contribution in [1.29, 1.82) is 0 Å². The van der Waals surface area contributed by atoms with Crippen molar-refractivity contribution in [1.82, 2.24) is 14.9 Å². The van der Waals surface area contributed by atoms with E-state index in [1.54, 1.807) is 0 Å². The fraction of sp³-hybridized carbons (Fsp3) is 0.458. The highest BCUT2D eigenvalue weighted by atomic mass is 19.3. The van der Waals surface area contributed by atoms with Crippen molar-refractivity contribution < 1.29 is 8.78 Å². The van der Waals surface area contributed by atoms with E-state index in [0.717, 1.165) is 66.0 Å². The minimum atomic E-state index is -2.38. The van der Waals surface area contributed by atoms with E-state index in [9.17, 15) is 8.78 Å². The summed E-state index contributed by atoms with van der Waals surface area (Å²) in [6.45, 7) is 9.39. The number of aromatic nitrogens is 2. The number of H-pyrrole nitrogens is 1. The average molecular weight is 398 g/mol. The third-order valence-electron chi connectivity index (χ3n) is 6.16. The fourth-order valence-electron chi connectivity index (χ4n) is 4.69. The molecular formula is C24H29F2N3. The second kappa shape index (κ2) is 8.23. The van der Waals surface area contributed by atoms with Gasteiger partial charge in [0.15, 0.2) is 0 Å². The number of nitrogens with zero attached hydrogens (tertiary/aromatic N) is 2. The maximum atomic E-state index is 13.5. The Morgan fingerprint density at radius 3 is 2.41 bits per heavy atom. The molecule has 1 N–H and O–H groups in total. The molecule has 0 unspecified atom stereocenters. The number of aromatic amines is 1. The number of alkyl halides is 2. The number of piperidine rings is 1. The van der Waals surface area contributed by atoms with Crippen molar-refractivity contribution in [3.05, 3.63) is 52.8 Å². The molecule has 154 valence electrons.